The molecular formula is C25H33Cl2N3O6S. The quantitative estimate of drug-likeness (QED) is 0.409. The van der Waals surface area contributed by atoms with Crippen molar-refractivity contribution in [2.45, 2.75) is 45.8 Å². The van der Waals surface area contributed by atoms with Gasteiger partial charge in [0.1, 0.15) is 24.1 Å². The third kappa shape index (κ3) is 7.90. The third-order valence-electron chi connectivity index (χ3n) is 5.54. The molecule has 9 nitrogen and oxygen atoms in total. The van der Waals surface area contributed by atoms with Crippen molar-refractivity contribution in [2.75, 3.05) is 31.3 Å². The van der Waals surface area contributed by atoms with Crippen molar-refractivity contribution in [3.05, 3.63) is 52.0 Å². The second kappa shape index (κ2) is 13.2. The number of amides is 2. The van der Waals surface area contributed by atoms with E-state index in [4.69, 9.17) is 32.7 Å². The molecule has 0 saturated carbocycles. The Bertz CT molecular complexity index is 1200. The Morgan fingerprint density at radius 1 is 1.05 bits per heavy atom. The van der Waals surface area contributed by atoms with Gasteiger partial charge in [-0.1, -0.05) is 36.2 Å². The normalized spacial score (nSPS) is 12.1. The van der Waals surface area contributed by atoms with Gasteiger partial charge in [0.15, 0.2) is 0 Å². The van der Waals surface area contributed by atoms with E-state index >= 15 is 0 Å². The Morgan fingerprint density at radius 2 is 1.68 bits per heavy atom. The van der Waals surface area contributed by atoms with Crippen molar-refractivity contribution in [1.29, 1.82) is 0 Å². The van der Waals surface area contributed by atoms with Crippen LogP contribution in [0.25, 0.3) is 0 Å². The van der Waals surface area contributed by atoms with Crippen LogP contribution < -0.4 is 19.1 Å². The predicted molar refractivity (Wildman–Crippen MR) is 146 cm³/mol. The van der Waals surface area contributed by atoms with Crippen LogP contribution in [-0.2, 0) is 26.2 Å². The number of sulfonamides is 1. The lowest BCUT2D eigenvalue weighted by Crippen LogP contribution is -2.53. The molecular weight excluding hydrogens is 541 g/mol. The number of methoxy groups -OCH3 is 2. The standard InChI is InChI=1S/C25H33Cl2N3O6S/c1-7-21(25(32)28-16(2)3)29(14-18-19(26)9-8-10-20(18)27)24(31)15-30(37(6,33)34)22-13-17(35-4)11-12-23(22)36-5/h8-13,16,21H,7,14-15H2,1-6H3,(H,28,32). The maximum Gasteiger partial charge on any atom is 0.244 e. The SMILES string of the molecule is CCC(C(=O)NC(C)C)N(Cc1c(Cl)cccc1Cl)C(=O)CN(c1cc(OC)ccc1OC)S(C)(=O)=O. The molecule has 204 valence electrons. The first-order valence-corrected chi connectivity index (χ1v) is 14.2. The molecule has 2 amide bonds. The summed E-state index contributed by atoms with van der Waals surface area (Å²) in [7, 11) is -1.14. The van der Waals surface area contributed by atoms with Crippen LogP contribution >= 0.6 is 23.2 Å². The molecule has 1 unspecified atom stereocenters. The van der Waals surface area contributed by atoms with Gasteiger partial charge >= 0.3 is 0 Å². The van der Waals surface area contributed by atoms with E-state index in [0.29, 0.717) is 21.4 Å². The molecule has 0 bridgehead atoms. The van der Waals surface area contributed by atoms with Crippen molar-refractivity contribution < 1.29 is 27.5 Å². The first kappa shape index (κ1) is 30.5. The van der Waals surface area contributed by atoms with Crippen LogP contribution in [0.3, 0.4) is 0 Å². The lowest BCUT2D eigenvalue weighted by Gasteiger charge is -2.33. The topological polar surface area (TPSA) is 105 Å². The summed E-state index contributed by atoms with van der Waals surface area (Å²) in [4.78, 5) is 28.2. The number of ether oxygens (including phenoxy) is 2. The highest BCUT2D eigenvalue weighted by Crippen LogP contribution is 2.34. The molecule has 12 heteroatoms. The lowest BCUT2D eigenvalue weighted by molar-refractivity contribution is -0.140. The zero-order valence-electron chi connectivity index (χ0n) is 21.7. The second-order valence-electron chi connectivity index (χ2n) is 8.62. The Hall–Kier alpha value is -2.69. The molecule has 0 aliphatic heterocycles. The number of anilines is 1. The highest BCUT2D eigenvalue weighted by atomic mass is 35.5. The molecule has 0 aliphatic rings. The van der Waals surface area contributed by atoms with Crippen molar-refractivity contribution in [1.82, 2.24) is 10.2 Å². The Labute approximate surface area is 228 Å². The lowest BCUT2D eigenvalue weighted by atomic mass is 10.1. The maximum absolute atomic E-state index is 13.8. The number of hydrogen-bond acceptors (Lipinski definition) is 6. The van der Waals surface area contributed by atoms with Gasteiger partial charge in [-0.05, 0) is 44.5 Å². The number of halogens is 2. The summed E-state index contributed by atoms with van der Waals surface area (Å²) in [5, 5.41) is 3.46. The highest BCUT2D eigenvalue weighted by Gasteiger charge is 2.33. The molecule has 0 fully saturated rings. The van der Waals surface area contributed by atoms with Gasteiger partial charge in [-0.15, -0.1) is 0 Å². The minimum absolute atomic E-state index is 0.103. The van der Waals surface area contributed by atoms with Crippen LogP contribution in [0, 0.1) is 0 Å². The number of carbonyl (C=O) groups excluding carboxylic acids is 2. The van der Waals surface area contributed by atoms with Crippen molar-refractivity contribution in [3.8, 4) is 11.5 Å². The van der Waals surface area contributed by atoms with E-state index in [1.165, 1.54) is 25.2 Å². The van der Waals surface area contributed by atoms with E-state index in [-0.39, 0.29) is 36.4 Å². The van der Waals surface area contributed by atoms with Crippen molar-refractivity contribution in [2.24, 2.45) is 0 Å². The Kier molecular flexibility index (Phi) is 10.9. The van der Waals surface area contributed by atoms with E-state index in [0.717, 1.165) is 10.6 Å². The smallest absolute Gasteiger partial charge is 0.244 e. The molecule has 2 aromatic carbocycles. The molecule has 2 aromatic rings. The van der Waals surface area contributed by atoms with E-state index in [1.807, 2.05) is 13.8 Å². The van der Waals surface area contributed by atoms with E-state index in [2.05, 4.69) is 5.32 Å². The average molecular weight is 575 g/mol. The summed E-state index contributed by atoms with van der Waals surface area (Å²) < 4.78 is 37.3. The van der Waals surface area contributed by atoms with E-state index in [1.54, 1.807) is 37.3 Å². The molecule has 2 rings (SSSR count). The number of rotatable bonds is 12. The number of benzene rings is 2. The minimum atomic E-state index is -3.97. The van der Waals surface area contributed by atoms with Gasteiger partial charge < -0.3 is 19.7 Å². The number of hydrogen-bond donors (Lipinski definition) is 1. The molecule has 0 aliphatic carbocycles. The summed E-state index contributed by atoms with van der Waals surface area (Å²) in [5.74, 6) is -0.403. The number of nitrogens with zero attached hydrogens (tertiary/aromatic N) is 2. The number of nitrogens with one attached hydrogen (secondary N) is 1. The zero-order valence-corrected chi connectivity index (χ0v) is 24.1. The number of carbonyl (C=O) groups is 2. The molecule has 1 atom stereocenters. The largest absolute Gasteiger partial charge is 0.497 e. The van der Waals surface area contributed by atoms with Crippen LogP contribution in [0.15, 0.2) is 36.4 Å². The van der Waals surface area contributed by atoms with Crippen LogP contribution in [0.4, 0.5) is 5.69 Å². The summed E-state index contributed by atoms with van der Waals surface area (Å²) in [5.41, 5.74) is 0.563. The fourth-order valence-electron chi connectivity index (χ4n) is 3.74. The molecule has 0 radical (unpaired) electrons. The van der Waals surface area contributed by atoms with Crippen molar-refractivity contribution >= 4 is 50.7 Å². The van der Waals surface area contributed by atoms with Gasteiger partial charge in [-0.3, -0.25) is 13.9 Å². The predicted octanol–water partition coefficient (Wildman–Crippen LogP) is 4.11. The Morgan fingerprint density at radius 3 is 2.16 bits per heavy atom. The summed E-state index contributed by atoms with van der Waals surface area (Å²) in [6, 6.07) is 8.47. The van der Waals surface area contributed by atoms with Crippen LogP contribution in [0.1, 0.15) is 32.8 Å². The Balaban J connectivity index is 2.59. The highest BCUT2D eigenvalue weighted by molar-refractivity contribution is 7.92. The summed E-state index contributed by atoms with van der Waals surface area (Å²) in [6.07, 6.45) is 1.25. The first-order valence-electron chi connectivity index (χ1n) is 11.6. The van der Waals surface area contributed by atoms with Gasteiger partial charge in [0.05, 0.1) is 26.2 Å². The van der Waals surface area contributed by atoms with Crippen LogP contribution in [-0.4, -0.2) is 64.2 Å². The van der Waals surface area contributed by atoms with Crippen LogP contribution in [0.5, 0.6) is 11.5 Å². The van der Waals surface area contributed by atoms with Crippen molar-refractivity contribution in [3.63, 3.8) is 0 Å². The van der Waals surface area contributed by atoms with Gasteiger partial charge in [-0.2, -0.15) is 0 Å². The average Bonchev–Trinajstić information content (AvgIpc) is 2.82. The molecule has 0 aromatic heterocycles. The van der Waals surface area contributed by atoms with Crippen LogP contribution in [0.2, 0.25) is 10.0 Å². The van der Waals surface area contributed by atoms with Gasteiger partial charge in [0.25, 0.3) is 0 Å². The molecule has 37 heavy (non-hydrogen) atoms. The molecule has 0 saturated heterocycles. The summed E-state index contributed by atoms with van der Waals surface area (Å²) >= 11 is 12.8. The zero-order chi connectivity index (χ0) is 27.9. The molecule has 0 spiro atoms. The fourth-order valence-corrected chi connectivity index (χ4v) is 5.10. The molecule has 0 heterocycles. The van der Waals surface area contributed by atoms with Gasteiger partial charge in [0.2, 0.25) is 21.8 Å². The summed E-state index contributed by atoms with van der Waals surface area (Å²) in [6.45, 7) is 4.67. The molecule has 1 N–H and O–H groups in total. The first-order chi connectivity index (χ1) is 17.3. The maximum atomic E-state index is 13.8. The minimum Gasteiger partial charge on any atom is -0.497 e. The monoisotopic (exact) mass is 573 g/mol. The second-order valence-corrected chi connectivity index (χ2v) is 11.3. The van der Waals surface area contributed by atoms with E-state index in [9.17, 15) is 18.0 Å². The van der Waals surface area contributed by atoms with Gasteiger partial charge in [0, 0.05) is 34.3 Å². The fraction of sp³-hybridized carbons (Fsp3) is 0.440. The van der Waals surface area contributed by atoms with E-state index < -0.39 is 28.5 Å². The van der Waals surface area contributed by atoms with Gasteiger partial charge in [-0.25, -0.2) is 8.42 Å². The third-order valence-corrected chi connectivity index (χ3v) is 7.38.